The molecule has 37 heavy (non-hydrogen) atoms. The Morgan fingerprint density at radius 3 is 2.22 bits per heavy atom. The highest BCUT2D eigenvalue weighted by atomic mass is 32.2. The minimum absolute atomic E-state index is 0.0133. The summed E-state index contributed by atoms with van der Waals surface area (Å²) in [6.07, 6.45) is 0.406. The molecule has 0 aliphatic carbocycles. The van der Waals surface area contributed by atoms with Gasteiger partial charge in [-0.25, -0.2) is 8.42 Å². The first-order valence-electron chi connectivity index (χ1n) is 12.8. The number of hydrogen-bond donors (Lipinski definition) is 2. The van der Waals surface area contributed by atoms with Crippen molar-refractivity contribution in [1.82, 2.24) is 9.62 Å². The molecule has 2 aromatic rings. The largest absolute Gasteiger partial charge is 0.497 e. The Balaban J connectivity index is 2.30. The van der Waals surface area contributed by atoms with E-state index in [0.717, 1.165) is 12.0 Å². The zero-order valence-electron chi connectivity index (χ0n) is 22.2. The van der Waals surface area contributed by atoms with Crippen molar-refractivity contribution in [3.8, 4) is 5.75 Å². The quantitative estimate of drug-likeness (QED) is 0.342. The fourth-order valence-electron chi connectivity index (χ4n) is 3.84. The number of Topliss-reactive ketones (excluding diaryl/α,β-unsaturated/α-hetero) is 1. The van der Waals surface area contributed by atoms with Crippen LogP contribution in [-0.4, -0.2) is 61.9 Å². The van der Waals surface area contributed by atoms with Gasteiger partial charge in [-0.3, -0.25) is 9.59 Å². The van der Waals surface area contributed by atoms with Crippen molar-refractivity contribution in [3.05, 3.63) is 60.2 Å². The average molecular weight is 533 g/mol. The summed E-state index contributed by atoms with van der Waals surface area (Å²) in [6.45, 7) is 5.72. The molecule has 1 amide bonds. The maximum atomic E-state index is 13.6. The van der Waals surface area contributed by atoms with Crippen LogP contribution < -0.4 is 10.1 Å². The van der Waals surface area contributed by atoms with E-state index in [1.807, 2.05) is 44.2 Å². The van der Waals surface area contributed by atoms with Crippen molar-refractivity contribution in [2.75, 3.05) is 20.2 Å². The van der Waals surface area contributed by atoms with Gasteiger partial charge in [0, 0.05) is 32.4 Å². The van der Waals surface area contributed by atoms with E-state index in [-0.39, 0.29) is 48.4 Å². The lowest BCUT2D eigenvalue weighted by Crippen LogP contribution is -2.51. The van der Waals surface area contributed by atoms with Gasteiger partial charge in [-0.05, 0) is 42.2 Å². The summed E-state index contributed by atoms with van der Waals surface area (Å²) in [6, 6.07) is 14.8. The second kappa shape index (κ2) is 14.9. The fraction of sp³-hybridized carbons (Fsp3) is 0.500. The molecule has 0 fully saturated rings. The molecule has 0 saturated heterocycles. The molecule has 204 valence electrons. The highest BCUT2D eigenvalue weighted by Gasteiger charge is 2.31. The number of aliphatic hydroxyl groups excluding tert-OH is 1. The average Bonchev–Trinajstić information content (AvgIpc) is 2.91. The van der Waals surface area contributed by atoms with Crippen molar-refractivity contribution < 1.29 is 27.9 Å². The van der Waals surface area contributed by atoms with Crippen LogP contribution in [-0.2, 0) is 26.0 Å². The van der Waals surface area contributed by atoms with Gasteiger partial charge in [0.2, 0.25) is 15.9 Å². The molecule has 9 heteroatoms. The lowest BCUT2D eigenvalue weighted by atomic mass is 10.00. The van der Waals surface area contributed by atoms with Crippen molar-refractivity contribution in [3.63, 3.8) is 0 Å². The molecule has 0 saturated carbocycles. The number of nitrogens with one attached hydrogen (secondary N) is 1. The lowest BCUT2D eigenvalue weighted by Gasteiger charge is -2.31. The molecule has 0 unspecified atom stereocenters. The van der Waals surface area contributed by atoms with Gasteiger partial charge >= 0.3 is 0 Å². The van der Waals surface area contributed by atoms with E-state index in [1.165, 1.54) is 23.5 Å². The third kappa shape index (κ3) is 9.57. The van der Waals surface area contributed by atoms with Gasteiger partial charge < -0.3 is 15.2 Å². The summed E-state index contributed by atoms with van der Waals surface area (Å²) >= 11 is 0. The second-order valence-corrected chi connectivity index (χ2v) is 11.3. The van der Waals surface area contributed by atoms with Crippen LogP contribution in [0.25, 0.3) is 0 Å². The summed E-state index contributed by atoms with van der Waals surface area (Å²) in [7, 11) is -2.42. The Kier molecular flexibility index (Phi) is 12.2. The van der Waals surface area contributed by atoms with Crippen LogP contribution in [0.5, 0.6) is 5.75 Å². The zero-order valence-corrected chi connectivity index (χ0v) is 23.0. The number of benzene rings is 2. The fourth-order valence-corrected chi connectivity index (χ4v) is 5.42. The molecule has 0 radical (unpaired) electrons. The van der Waals surface area contributed by atoms with Crippen LogP contribution in [0.3, 0.4) is 0 Å². The summed E-state index contributed by atoms with van der Waals surface area (Å²) in [5.41, 5.74) is 0.892. The molecule has 3 atom stereocenters. The maximum absolute atomic E-state index is 13.6. The molecular weight excluding hydrogens is 492 g/mol. The van der Waals surface area contributed by atoms with Crippen molar-refractivity contribution in [2.24, 2.45) is 5.92 Å². The number of carbonyl (C=O) groups excluding carboxylic acids is 2. The van der Waals surface area contributed by atoms with Crippen LogP contribution >= 0.6 is 0 Å². The SMILES string of the molecule is CCC(=O)CCC(=O)N[C@@H](Cc1ccccc1)[C@H](O)CN(C[C@H](C)CC)S(=O)(=O)c1ccc(OC)cc1. The zero-order chi connectivity index (χ0) is 27.4. The number of aliphatic hydroxyl groups is 1. The highest BCUT2D eigenvalue weighted by molar-refractivity contribution is 7.89. The monoisotopic (exact) mass is 532 g/mol. The lowest BCUT2D eigenvalue weighted by molar-refractivity contribution is -0.126. The number of sulfonamides is 1. The minimum Gasteiger partial charge on any atom is -0.497 e. The minimum atomic E-state index is -3.93. The van der Waals surface area contributed by atoms with Crippen molar-refractivity contribution >= 4 is 21.7 Å². The summed E-state index contributed by atoms with van der Waals surface area (Å²) < 4.78 is 33.6. The number of carbonyl (C=O) groups is 2. The number of methoxy groups -OCH3 is 1. The number of ketones is 1. The smallest absolute Gasteiger partial charge is 0.243 e. The number of amides is 1. The van der Waals surface area contributed by atoms with Crippen molar-refractivity contribution in [2.45, 2.75) is 69.9 Å². The third-order valence-corrected chi connectivity index (χ3v) is 8.28. The summed E-state index contributed by atoms with van der Waals surface area (Å²) in [5.74, 6) is 0.232. The van der Waals surface area contributed by atoms with Gasteiger partial charge in [0.1, 0.15) is 11.5 Å². The van der Waals surface area contributed by atoms with Gasteiger partial charge in [-0.2, -0.15) is 4.31 Å². The summed E-state index contributed by atoms with van der Waals surface area (Å²) in [4.78, 5) is 24.4. The maximum Gasteiger partial charge on any atom is 0.243 e. The standard InChI is InChI=1S/C28H40N2O6S/c1-5-21(3)19-30(37(34,35)25-15-13-24(36-4)14-16-25)20-27(32)26(18-22-10-8-7-9-11-22)29-28(33)17-12-23(31)6-2/h7-11,13-16,21,26-27,32H,5-6,12,17-20H2,1-4H3,(H,29,33)/t21-,26+,27-/m1/s1. The van der Waals surface area contributed by atoms with Crippen LogP contribution in [0.4, 0.5) is 0 Å². The van der Waals surface area contributed by atoms with Gasteiger partial charge in [0.15, 0.2) is 0 Å². The van der Waals surface area contributed by atoms with E-state index in [1.54, 1.807) is 19.1 Å². The summed E-state index contributed by atoms with van der Waals surface area (Å²) in [5, 5.41) is 14.1. The molecule has 2 N–H and O–H groups in total. The van der Waals surface area contributed by atoms with Crippen molar-refractivity contribution in [1.29, 1.82) is 0 Å². The van der Waals surface area contributed by atoms with Gasteiger partial charge in [-0.1, -0.05) is 57.5 Å². The second-order valence-electron chi connectivity index (χ2n) is 9.33. The van der Waals surface area contributed by atoms with E-state index in [2.05, 4.69) is 5.32 Å². The highest BCUT2D eigenvalue weighted by Crippen LogP contribution is 2.22. The van der Waals surface area contributed by atoms with Crippen LogP contribution in [0.2, 0.25) is 0 Å². The Morgan fingerprint density at radius 1 is 1.00 bits per heavy atom. The van der Waals surface area contributed by atoms with E-state index in [0.29, 0.717) is 18.6 Å². The normalized spacial score (nSPS) is 14.1. The predicted octanol–water partition coefficient (Wildman–Crippen LogP) is 3.58. The van der Waals surface area contributed by atoms with Crippen LogP contribution in [0.15, 0.2) is 59.5 Å². The van der Waals surface area contributed by atoms with E-state index >= 15 is 0 Å². The predicted molar refractivity (Wildman–Crippen MR) is 144 cm³/mol. The van der Waals surface area contributed by atoms with Crippen LogP contribution in [0.1, 0.15) is 52.0 Å². The molecule has 0 bridgehead atoms. The number of rotatable bonds is 16. The first kappa shape index (κ1) is 30.5. The molecular formula is C28H40N2O6S. The molecule has 2 rings (SSSR count). The topological polar surface area (TPSA) is 113 Å². The number of ether oxygens (including phenoxy) is 1. The third-order valence-electron chi connectivity index (χ3n) is 6.43. The molecule has 0 aliphatic rings. The van der Waals surface area contributed by atoms with Crippen LogP contribution in [0, 0.1) is 5.92 Å². The van der Waals surface area contributed by atoms with Gasteiger partial charge in [0.25, 0.3) is 0 Å². The first-order valence-corrected chi connectivity index (χ1v) is 14.2. The Labute approximate surface area is 221 Å². The molecule has 0 aromatic heterocycles. The van der Waals surface area contributed by atoms with Gasteiger partial charge in [0.05, 0.1) is 24.2 Å². The molecule has 2 aromatic carbocycles. The number of nitrogens with zero attached hydrogens (tertiary/aromatic N) is 1. The molecule has 8 nitrogen and oxygen atoms in total. The first-order chi connectivity index (χ1) is 17.6. The Morgan fingerprint density at radius 2 is 1.65 bits per heavy atom. The molecule has 0 spiro atoms. The number of hydrogen-bond acceptors (Lipinski definition) is 6. The van der Waals surface area contributed by atoms with E-state index in [4.69, 9.17) is 4.74 Å². The van der Waals surface area contributed by atoms with E-state index in [9.17, 15) is 23.1 Å². The molecule has 0 heterocycles. The van der Waals surface area contributed by atoms with E-state index < -0.39 is 22.2 Å². The molecule has 0 aliphatic heterocycles. The van der Waals surface area contributed by atoms with Gasteiger partial charge in [-0.15, -0.1) is 0 Å². The Bertz CT molecular complexity index is 1090. The Hall–Kier alpha value is -2.75.